The van der Waals surface area contributed by atoms with E-state index in [9.17, 15) is 14.4 Å². The van der Waals surface area contributed by atoms with Crippen LogP contribution in [0.1, 0.15) is 29.3 Å². The van der Waals surface area contributed by atoms with E-state index in [1.807, 2.05) is 6.92 Å². The molecule has 1 saturated carbocycles. The van der Waals surface area contributed by atoms with Crippen molar-refractivity contribution in [3.05, 3.63) is 41.5 Å². The molecular formula is C19H19NO4. The lowest BCUT2D eigenvalue weighted by Gasteiger charge is -2.20. The van der Waals surface area contributed by atoms with E-state index in [1.165, 1.54) is 4.90 Å². The van der Waals surface area contributed by atoms with E-state index in [0.717, 1.165) is 12.0 Å². The summed E-state index contributed by atoms with van der Waals surface area (Å²) in [5.74, 6) is -0.835. The number of hydrogen-bond donors (Lipinski definition) is 0. The lowest BCUT2D eigenvalue weighted by atomic mass is 9.85. The smallest absolute Gasteiger partial charge is 0.338 e. The van der Waals surface area contributed by atoms with Crippen LogP contribution in [0.15, 0.2) is 30.4 Å². The molecule has 1 aliphatic heterocycles. The number of nitrogens with zero attached hydrogens (tertiary/aromatic N) is 1. The first-order chi connectivity index (χ1) is 11.5. The third kappa shape index (κ3) is 1.97. The maximum Gasteiger partial charge on any atom is 0.338 e. The highest BCUT2D eigenvalue weighted by atomic mass is 16.5. The van der Waals surface area contributed by atoms with E-state index in [1.54, 1.807) is 25.1 Å². The highest BCUT2D eigenvalue weighted by Gasteiger charge is 2.59. The average Bonchev–Trinajstić information content (AvgIpc) is 3.23. The van der Waals surface area contributed by atoms with Crippen molar-refractivity contribution in [1.29, 1.82) is 0 Å². The molecule has 0 aromatic heterocycles. The van der Waals surface area contributed by atoms with Crippen LogP contribution >= 0.6 is 0 Å². The van der Waals surface area contributed by atoms with Gasteiger partial charge in [0, 0.05) is 0 Å². The van der Waals surface area contributed by atoms with E-state index in [2.05, 4.69) is 12.2 Å². The van der Waals surface area contributed by atoms with E-state index in [-0.39, 0.29) is 42.1 Å². The summed E-state index contributed by atoms with van der Waals surface area (Å²) < 4.78 is 5.02. The monoisotopic (exact) mass is 325 g/mol. The molecule has 5 heteroatoms. The van der Waals surface area contributed by atoms with Gasteiger partial charge in [0.25, 0.3) is 0 Å². The van der Waals surface area contributed by atoms with Crippen LogP contribution in [0.5, 0.6) is 0 Å². The van der Waals surface area contributed by atoms with Crippen molar-refractivity contribution in [3.8, 4) is 0 Å². The zero-order valence-corrected chi connectivity index (χ0v) is 13.7. The molecule has 0 N–H and O–H groups in total. The zero-order valence-electron chi connectivity index (χ0n) is 13.7. The van der Waals surface area contributed by atoms with Crippen LogP contribution in [0.2, 0.25) is 0 Å². The first kappa shape index (κ1) is 15.1. The minimum Gasteiger partial charge on any atom is -0.462 e. The van der Waals surface area contributed by atoms with Gasteiger partial charge in [0.05, 0.1) is 29.7 Å². The van der Waals surface area contributed by atoms with Crippen LogP contribution in [0, 0.1) is 30.6 Å². The van der Waals surface area contributed by atoms with Crippen molar-refractivity contribution in [2.24, 2.45) is 23.7 Å². The van der Waals surface area contributed by atoms with E-state index in [4.69, 9.17) is 4.74 Å². The average molecular weight is 325 g/mol. The number of fused-ring (bicyclic) bond motifs is 5. The topological polar surface area (TPSA) is 63.7 Å². The first-order valence-corrected chi connectivity index (χ1v) is 8.36. The Labute approximate surface area is 140 Å². The van der Waals surface area contributed by atoms with Gasteiger partial charge in [-0.25, -0.2) is 9.69 Å². The Kier molecular flexibility index (Phi) is 3.34. The summed E-state index contributed by atoms with van der Waals surface area (Å²) in [6, 6.07) is 5.01. The summed E-state index contributed by atoms with van der Waals surface area (Å²) in [5.41, 5.74) is 1.66. The molecule has 0 radical (unpaired) electrons. The Hall–Kier alpha value is -2.43. The molecule has 124 valence electrons. The molecule has 4 atom stereocenters. The molecule has 3 aliphatic rings. The molecule has 1 aromatic rings. The Balaban J connectivity index is 1.72. The highest BCUT2D eigenvalue weighted by molar-refractivity contribution is 6.23. The molecule has 1 heterocycles. The standard InChI is InChI=1S/C19H19NO4/c1-3-24-19(23)13-5-4-10(2)14(9-13)20-17(21)15-11-6-7-12(8-11)16(15)18(20)22/h4-7,9,11-12,15-16H,3,8H2,1-2H3. The fraction of sp³-hybridized carbons (Fsp3) is 0.421. The lowest BCUT2D eigenvalue weighted by Crippen LogP contribution is -2.33. The fourth-order valence-electron chi connectivity index (χ4n) is 4.33. The van der Waals surface area contributed by atoms with Crippen molar-refractivity contribution in [2.45, 2.75) is 20.3 Å². The normalized spacial score (nSPS) is 30.2. The molecule has 4 rings (SSSR count). The number of aryl methyl sites for hydroxylation is 1. The number of ether oxygens (including phenoxy) is 1. The summed E-state index contributed by atoms with van der Waals surface area (Å²) in [4.78, 5) is 39.1. The highest BCUT2D eigenvalue weighted by Crippen LogP contribution is 2.53. The van der Waals surface area contributed by atoms with Gasteiger partial charge < -0.3 is 4.74 Å². The fourth-order valence-corrected chi connectivity index (χ4v) is 4.33. The number of carbonyl (C=O) groups excluding carboxylic acids is 3. The van der Waals surface area contributed by atoms with Crippen molar-refractivity contribution < 1.29 is 19.1 Å². The van der Waals surface area contributed by atoms with Crippen LogP contribution < -0.4 is 4.90 Å². The second-order valence-electron chi connectivity index (χ2n) is 6.73. The van der Waals surface area contributed by atoms with Crippen LogP contribution in [-0.4, -0.2) is 24.4 Å². The number of carbonyl (C=O) groups is 3. The third-order valence-electron chi connectivity index (χ3n) is 5.43. The van der Waals surface area contributed by atoms with Crippen molar-refractivity contribution in [2.75, 3.05) is 11.5 Å². The largest absolute Gasteiger partial charge is 0.462 e. The number of amides is 2. The van der Waals surface area contributed by atoms with Crippen molar-refractivity contribution in [3.63, 3.8) is 0 Å². The number of allylic oxidation sites excluding steroid dienone is 2. The molecule has 0 spiro atoms. The quantitative estimate of drug-likeness (QED) is 0.486. The number of benzene rings is 1. The van der Waals surface area contributed by atoms with E-state index < -0.39 is 5.97 Å². The molecule has 2 bridgehead atoms. The zero-order chi connectivity index (χ0) is 17.0. The second kappa shape index (κ2) is 5.30. The SMILES string of the molecule is CCOC(=O)c1ccc(C)c(N2C(=O)C3C4C=CC(C4)C3C2=O)c1. The molecule has 1 aromatic carbocycles. The summed E-state index contributed by atoms with van der Waals surface area (Å²) in [7, 11) is 0. The van der Waals surface area contributed by atoms with Gasteiger partial charge in [-0.1, -0.05) is 18.2 Å². The van der Waals surface area contributed by atoms with E-state index >= 15 is 0 Å². The minimum absolute atomic E-state index is 0.133. The van der Waals surface area contributed by atoms with Gasteiger partial charge in [0.15, 0.2) is 0 Å². The van der Waals surface area contributed by atoms with Gasteiger partial charge in [0.2, 0.25) is 11.8 Å². The summed E-state index contributed by atoms with van der Waals surface area (Å²) in [5, 5.41) is 0. The van der Waals surface area contributed by atoms with Crippen LogP contribution in [0.3, 0.4) is 0 Å². The maximum atomic E-state index is 12.9. The van der Waals surface area contributed by atoms with Crippen molar-refractivity contribution >= 4 is 23.5 Å². The Bertz CT molecular complexity index is 752. The van der Waals surface area contributed by atoms with Gasteiger partial charge in [-0.05, 0) is 49.8 Å². The Morgan fingerprint density at radius 1 is 1.17 bits per heavy atom. The number of imide groups is 1. The molecule has 1 saturated heterocycles. The minimum atomic E-state index is -0.445. The van der Waals surface area contributed by atoms with Gasteiger partial charge in [-0.15, -0.1) is 0 Å². The molecule has 2 amide bonds. The maximum absolute atomic E-state index is 12.9. The summed E-state index contributed by atoms with van der Waals surface area (Å²) >= 11 is 0. The Morgan fingerprint density at radius 2 is 1.79 bits per heavy atom. The summed E-state index contributed by atoms with van der Waals surface area (Å²) in [6.07, 6.45) is 5.05. The van der Waals surface area contributed by atoms with E-state index in [0.29, 0.717) is 11.3 Å². The van der Waals surface area contributed by atoms with Gasteiger partial charge in [-0.2, -0.15) is 0 Å². The van der Waals surface area contributed by atoms with Gasteiger partial charge in [-0.3, -0.25) is 9.59 Å². The first-order valence-electron chi connectivity index (χ1n) is 8.36. The van der Waals surface area contributed by atoms with Crippen molar-refractivity contribution in [1.82, 2.24) is 0 Å². The predicted molar refractivity (Wildman–Crippen MR) is 87.3 cm³/mol. The third-order valence-corrected chi connectivity index (χ3v) is 5.43. The lowest BCUT2D eigenvalue weighted by molar-refractivity contribution is -0.123. The van der Waals surface area contributed by atoms with Gasteiger partial charge >= 0.3 is 5.97 Å². The van der Waals surface area contributed by atoms with Crippen LogP contribution in [-0.2, 0) is 14.3 Å². The van der Waals surface area contributed by atoms with Crippen LogP contribution in [0.4, 0.5) is 5.69 Å². The Morgan fingerprint density at radius 3 is 2.38 bits per heavy atom. The molecule has 5 nitrogen and oxygen atoms in total. The summed E-state index contributed by atoms with van der Waals surface area (Å²) in [6.45, 7) is 3.86. The molecule has 2 aliphatic carbocycles. The molecule has 2 fully saturated rings. The molecular weight excluding hydrogens is 306 g/mol. The molecule has 4 unspecified atom stereocenters. The molecule has 24 heavy (non-hydrogen) atoms. The number of anilines is 1. The second-order valence-corrected chi connectivity index (χ2v) is 6.73. The number of hydrogen-bond acceptors (Lipinski definition) is 4. The number of esters is 1. The predicted octanol–water partition coefficient (Wildman–Crippen LogP) is 2.48. The van der Waals surface area contributed by atoms with Gasteiger partial charge in [0.1, 0.15) is 0 Å². The van der Waals surface area contributed by atoms with Crippen LogP contribution in [0.25, 0.3) is 0 Å². The number of rotatable bonds is 3.